The summed E-state index contributed by atoms with van der Waals surface area (Å²) in [4.78, 5) is 10.9. The lowest BCUT2D eigenvalue weighted by Gasteiger charge is -2.09. The third kappa shape index (κ3) is 5.48. The van der Waals surface area contributed by atoms with Gasteiger partial charge in [0, 0.05) is 17.0 Å². The Kier molecular flexibility index (Phi) is 7.75. The molecule has 0 atom stereocenters. The third-order valence-electron chi connectivity index (χ3n) is 4.66. The van der Waals surface area contributed by atoms with Crippen LogP contribution in [0.4, 0.5) is 22.2 Å². The molecular formula is C23H21BrN4O2S. The zero-order chi connectivity index (χ0) is 20.8. The molecule has 0 saturated heterocycles. The lowest BCUT2D eigenvalue weighted by Crippen LogP contribution is -3.00. The van der Waals surface area contributed by atoms with Crippen LogP contribution in [0.25, 0.3) is 11.3 Å². The van der Waals surface area contributed by atoms with Gasteiger partial charge in [0.15, 0.2) is 0 Å². The molecule has 1 heterocycles. The average molecular weight is 497 g/mol. The van der Waals surface area contributed by atoms with Crippen molar-refractivity contribution in [3.05, 3.63) is 100 Å². The fourth-order valence-corrected chi connectivity index (χ4v) is 4.21. The molecule has 31 heavy (non-hydrogen) atoms. The van der Waals surface area contributed by atoms with Crippen molar-refractivity contribution in [2.24, 2.45) is 0 Å². The van der Waals surface area contributed by atoms with E-state index >= 15 is 0 Å². The molecule has 3 aromatic carbocycles. The van der Waals surface area contributed by atoms with Crippen molar-refractivity contribution < 1.29 is 26.5 Å². The Morgan fingerprint density at radius 1 is 0.903 bits per heavy atom. The highest BCUT2D eigenvalue weighted by Crippen LogP contribution is 2.26. The lowest BCUT2D eigenvalue weighted by atomic mass is 10.2. The number of halogens is 1. The van der Waals surface area contributed by atoms with Gasteiger partial charge in [-0.15, -0.1) is 0 Å². The monoisotopic (exact) mass is 496 g/mol. The van der Waals surface area contributed by atoms with Crippen LogP contribution in [0, 0.1) is 10.1 Å². The van der Waals surface area contributed by atoms with Crippen LogP contribution in [-0.4, -0.2) is 11.5 Å². The highest BCUT2D eigenvalue weighted by molar-refractivity contribution is 7.13. The molecule has 8 heteroatoms. The van der Waals surface area contributed by atoms with Crippen molar-refractivity contribution in [1.82, 2.24) is 0 Å². The maximum atomic E-state index is 11.3. The Bertz CT molecular complexity index is 1140. The molecule has 4 aromatic rings. The van der Waals surface area contributed by atoms with Crippen molar-refractivity contribution in [1.29, 1.82) is 0 Å². The van der Waals surface area contributed by atoms with Crippen LogP contribution in [0.1, 0.15) is 0 Å². The van der Waals surface area contributed by atoms with E-state index in [0.717, 1.165) is 22.1 Å². The second kappa shape index (κ2) is 10.7. The predicted molar refractivity (Wildman–Crippen MR) is 121 cm³/mol. The number of hydrogen-bond acceptors (Lipinski definition) is 5. The topological polar surface area (TPSA) is 71.1 Å². The Balaban J connectivity index is 0.00000272. The molecule has 0 radical (unpaired) electrons. The van der Waals surface area contributed by atoms with Crippen LogP contribution in [0.2, 0.25) is 0 Å². The van der Waals surface area contributed by atoms with Gasteiger partial charge in [0.05, 0.1) is 11.5 Å². The van der Waals surface area contributed by atoms with Gasteiger partial charge in [0.25, 0.3) is 5.69 Å². The first kappa shape index (κ1) is 22.5. The average Bonchev–Trinajstić information content (AvgIpc) is 3.17. The molecule has 0 unspecified atom stereocenters. The minimum Gasteiger partial charge on any atom is -1.00 e. The largest absolute Gasteiger partial charge is 1.00 e. The molecule has 0 aliphatic rings. The fraction of sp³-hybridized carbons (Fsp3) is 0.0870. The van der Waals surface area contributed by atoms with Gasteiger partial charge in [-0.05, 0) is 18.2 Å². The molecule has 0 bridgehead atoms. The molecule has 1 aromatic heterocycles. The number of hydrogen-bond donors (Lipinski definition) is 2. The second-order valence-corrected chi connectivity index (χ2v) is 7.49. The summed E-state index contributed by atoms with van der Waals surface area (Å²) < 4.78 is 2.20. The second-order valence-electron chi connectivity index (χ2n) is 6.64. The van der Waals surface area contributed by atoms with E-state index in [1.807, 2.05) is 48.5 Å². The number of nitro benzene ring substituents is 1. The summed E-state index contributed by atoms with van der Waals surface area (Å²) in [5, 5.41) is 21.1. The number of benzene rings is 3. The van der Waals surface area contributed by atoms with E-state index < -0.39 is 0 Å². The number of nitrogens with one attached hydrogen (secondary N) is 2. The van der Waals surface area contributed by atoms with Crippen molar-refractivity contribution in [3.63, 3.8) is 0 Å². The Labute approximate surface area is 195 Å². The number of rotatable bonds is 8. The maximum Gasteiger partial charge on any atom is 0.339 e. The molecule has 0 fully saturated rings. The van der Waals surface area contributed by atoms with Crippen molar-refractivity contribution in [3.8, 4) is 11.3 Å². The van der Waals surface area contributed by atoms with E-state index in [-0.39, 0.29) is 27.6 Å². The molecule has 0 spiro atoms. The fourth-order valence-electron chi connectivity index (χ4n) is 3.23. The molecule has 158 valence electrons. The van der Waals surface area contributed by atoms with Crippen LogP contribution in [0.5, 0.6) is 0 Å². The summed E-state index contributed by atoms with van der Waals surface area (Å²) in [6.07, 6.45) is 0. The van der Waals surface area contributed by atoms with Gasteiger partial charge < -0.3 is 22.3 Å². The standard InChI is InChI=1S/C23H20N4O2S.BrH/c28-27(29)21-14-8-7-13-20(21)24-15-16-26-22(18-9-3-1-4-10-18)17-30-23(26)25-19-11-5-2-6-12-19;/h1-14,17,24H,15-16H2;1H. The molecule has 0 amide bonds. The number of anilines is 3. The Morgan fingerprint density at radius 2 is 1.55 bits per heavy atom. The van der Waals surface area contributed by atoms with Crippen LogP contribution >= 0.6 is 11.3 Å². The van der Waals surface area contributed by atoms with Crippen molar-refractivity contribution in [2.75, 3.05) is 17.2 Å². The molecule has 4 rings (SSSR count). The van der Waals surface area contributed by atoms with E-state index in [1.165, 1.54) is 6.07 Å². The molecule has 6 nitrogen and oxygen atoms in total. The molecule has 0 saturated carbocycles. The van der Waals surface area contributed by atoms with Gasteiger partial charge in [-0.3, -0.25) is 10.1 Å². The lowest BCUT2D eigenvalue weighted by molar-refractivity contribution is -0.665. The Hall–Kier alpha value is -3.23. The van der Waals surface area contributed by atoms with Gasteiger partial charge in [0.2, 0.25) is 0 Å². The maximum absolute atomic E-state index is 11.3. The van der Waals surface area contributed by atoms with Gasteiger partial charge in [-0.1, -0.05) is 72.0 Å². The van der Waals surface area contributed by atoms with Crippen molar-refractivity contribution >= 4 is 33.5 Å². The number of thiazole rings is 1. The van der Waals surface area contributed by atoms with E-state index in [4.69, 9.17) is 0 Å². The van der Waals surface area contributed by atoms with E-state index in [9.17, 15) is 10.1 Å². The SMILES string of the molecule is O=[N+]([O-])c1ccccc1NCC[n+]1c(-c2ccccc2)csc1Nc1ccccc1.[Br-]. The van der Waals surface area contributed by atoms with Gasteiger partial charge >= 0.3 is 5.13 Å². The smallest absolute Gasteiger partial charge is 0.339 e. The van der Waals surface area contributed by atoms with Gasteiger partial charge in [0.1, 0.15) is 23.6 Å². The Morgan fingerprint density at radius 3 is 2.26 bits per heavy atom. The first-order chi connectivity index (χ1) is 14.7. The zero-order valence-electron chi connectivity index (χ0n) is 16.6. The summed E-state index contributed by atoms with van der Waals surface area (Å²) in [6, 6.07) is 26.9. The number of aromatic nitrogens is 1. The highest BCUT2D eigenvalue weighted by atomic mass is 79.9. The van der Waals surface area contributed by atoms with Crippen molar-refractivity contribution in [2.45, 2.75) is 6.54 Å². The third-order valence-corrected chi connectivity index (χ3v) is 5.55. The minimum atomic E-state index is -0.363. The molecule has 0 aliphatic heterocycles. The summed E-state index contributed by atoms with van der Waals surface area (Å²) in [5.74, 6) is 0. The molecule has 0 aliphatic carbocycles. The van der Waals surface area contributed by atoms with Gasteiger partial charge in [-0.25, -0.2) is 9.88 Å². The predicted octanol–water partition coefficient (Wildman–Crippen LogP) is 2.47. The summed E-state index contributed by atoms with van der Waals surface area (Å²) in [7, 11) is 0. The number of nitro groups is 1. The first-order valence-electron chi connectivity index (χ1n) is 9.58. The van der Waals surface area contributed by atoms with Crippen LogP contribution < -0.4 is 32.2 Å². The minimum absolute atomic E-state index is 0. The summed E-state index contributed by atoms with van der Waals surface area (Å²) in [6.45, 7) is 1.20. The van der Waals surface area contributed by atoms with Crippen LogP contribution in [0.15, 0.2) is 90.3 Å². The molecular weight excluding hydrogens is 476 g/mol. The van der Waals surface area contributed by atoms with E-state index in [1.54, 1.807) is 29.5 Å². The van der Waals surface area contributed by atoms with E-state index in [0.29, 0.717) is 18.8 Å². The summed E-state index contributed by atoms with van der Waals surface area (Å²) >= 11 is 1.64. The van der Waals surface area contributed by atoms with Gasteiger partial charge in [-0.2, -0.15) is 0 Å². The number of nitrogens with zero attached hydrogens (tertiary/aromatic N) is 2. The first-order valence-corrected chi connectivity index (χ1v) is 10.5. The number of para-hydroxylation sites is 3. The van der Waals surface area contributed by atoms with Crippen LogP contribution in [0.3, 0.4) is 0 Å². The van der Waals surface area contributed by atoms with E-state index in [2.05, 4.69) is 32.7 Å². The normalized spacial score (nSPS) is 10.2. The molecule has 2 N–H and O–H groups in total. The zero-order valence-corrected chi connectivity index (χ0v) is 19.0. The summed E-state index contributed by atoms with van der Waals surface area (Å²) in [5.41, 5.74) is 3.85. The van der Waals surface area contributed by atoms with Crippen LogP contribution in [-0.2, 0) is 6.54 Å². The quantitative estimate of drug-likeness (QED) is 0.223. The highest BCUT2D eigenvalue weighted by Gasteiger charge is 2.20.